The number of nitro benzene ring substituents is 1. The van der Waals surface area contributed by atoms with Gasteiger partial charge in [0.25, 0.3) is 5.69 Å². The number of hydrogen-bond donors (Lipinski definition) is 2. The molecule has 2 N–H and O–H groups in total. The normalized spacial score (nSPS) is 11.4. The minimum absolute atomic E-state index is 0.219. The van der Waals surface area contributed by atoms with Gasteiger partial charge in [-0.1, -0.05) is 0 Å². The molecule has 0 aromatic heterocycles. The van der Waals surface area contributed by atoms with Crippen LogP contribution in [0.3, 0.4) is 0 Å². The molecule has 0 heterocycles. The number of anilines is 1. The molecule has 0 aliphatic heterocycles. The maximum atomic E-state index is 11.2. The van der Waals surface area contributed by atoms with E-state index in [1.54, 1.807) is 0 Å². The lowest BCUT2D eigenvalue weighted by molar-refractivity contribution is -0.384. The second-order valence-corrected chi connectivity index (χ2v) is 3.98. The van der Waals surface area contributed by atoms with Crippen molar-refractivity contribution in [1.29, 1.82) is 0 Å². The Morgan fingerprint density at radius 1 is 1.63 bits per heavy atom. The molecule has 0 aliphatic rings. The molecule has 1 aromatic rings. The average Bonchev–Trinajstić information content (AvgIpc) is 2.37. The van der Waals surface area contributed by atoms with Crippen molar-refractivity contribution >= 4 is 17.2 Å². The van der Waals surface area contributed by atoms with Crippen LogP contribution < -0.4 is 5.32 Å². The molecule has 6 nitrogen and oxygen atoms in total. The molecule has 0 unspecified atom stereocenters. The maximum Gasteiger partial charge on any atom is 0.293 e. The van der Waals surface area contributed by atoms with Crippen LogP contribution in [0.15, 0.2) is 18.2 Å². The first-order chi connectivity index (χ1) is 8.99. The number of rotatable bonds is 6. The zero-order chi connectivity index (χ0) is 14.4. The predicted octanol–water partition coefficient (Wildman–Crippen LogP) is 1.59. The molecule has 1 aromatic carbocycles. The van der Waals surface area contributed by atoms with Crippen LogP contribution in [-0.2, 0) is 0 Å². The Morgan fingerprint density at radius 2 is 2.32 bits per heavy atom. The number of aliphatic hydroxyl groups excluding tert-OH is 1. The maximum absolute atomic E-state index is 11.2. The molecule has 0 fully saturated rings. The number of carbonyl (C=O) groups is 1. The number of terminal acetylenes is 1. The van der Waals surface area contributed by atoms with Gasteiger partial charge >= 0.3 is 0 Å². The van der Waals surface area contributed by atoms with Gasteiger partial charge in [0, 0.05) is 18.1 Å². The van der Waals surface area contributed by atoms with E-state index < -0.39 is 11.0 Å². The van der Waals surface area contributed by atoms with Crippen LogP contribution in [0.1, 0.15) is 23.7 Å². The van der Waals surface area contributed by atoms with Crippen LogP contribution in [0.2, 0.25) is 0 Å². The van der Waals surface area contributed by atoms with Crippen molar-refractivity contribution in [3.8, 4) is 12.3 Å². The summed E-state index contributed by atoms with van der Waals surface area (Å²) in [4.78, 5) is 21.6. The third-order valence-electron chi connectivity index (χ3n) is 2.55. The SMILES string of the molecule is C#CC[C@H](CO)Nc1ccc(C(C)=O)cc1[N+](=O)[O-]. The summed E-state index contributed by atoms with van der Waals surface area (Å²) >= 11 is 0. The fraction of sp³-hybridized carbons (Fsp3) is 0.308. The highest BCUT2D eigenvalue weighted by molar-refractivity contribution is 5.95. The summed E-state index contributed by atoms with van der Waals surface area (Å²) in [5, 5.41) is 22.9. The molecule has 0 spiro atoms. The van der Waals surface area contributed by atoms with Crippen molar-refractivity contribution in [2.24, 2.45) is 0 Å². The van der Waals surface area contributed by atoms with Crippen LogP contribution in [0.4, 0.5) is 11.4 Å². The summed E-state index contributed by atoms with van der Waals surface area (Å²) in [6, 6.07) is 3.66. The third kappa shape index (κ3) is 3.79. The highest BCUT2D eigenvalue weighted by atomic mass is 16.6. The number of benzene rings is 1. The molecule has 19 heavy (non-hydrogen) atoms. The molecule has 1 atom stereocenters. The van der Waals surface area contributed by atoms with E-state index in [0.717, 1.165) is 0 Å². The number of ketones is 1. The summed E-state index contributed by atoms with van der Waals surface area (Å²) in [6.45, 7) is 1.09. The van der Waals surface area contributed by atoms with Gasteiger partial charge in [0.1, 0.15) is 5.69 Å². The fourth-order valence-corrected chi connectivity index (χ4v) is 1.55. The number of nitrogens with zero attached hydrogens (tertiary/aromatic N) is 1. The quantitative estimate of drug-likeness (QED) is 0.351. The van der Waals surface area contributed by atoms with Crippen molar-refractivity contribution in [3.63, 3.8) is 0 Å². The molecule has 0 saturated heterocycles. The fourth-order valence-electron chi connectivity index (χ4n) is 1.55. The number of carbonyl (C=O) groups excluding carboxylic acids is 1. The Balaban J connectivity index is 3.10. The smallest absolute Gasteiger partial charge is 0.293 e. The molecule has 0 amide bonds. The first kappa shape index (κ1) is 14.7. The van der Waals surface area contributed by atoms with Gasteiger partial charge in [-0.25, -0.2) is 0 Å². The number of nitro groups is 1. The van der Waals surface area contributed by atoms with Gasteiger partial charge in [-0.15, -0.1) is 12.3 Å². The van der Waals surface area contributed by atoms with Crippen molar-refractivity contribution in [1.82, 2.24) is 0 Å². The molecule has 0 radical (unpaired) electrons. The van der Waals surface area contributed by atoms with E-state index in [2.05, 4.69) is 11.2 Å². The van der Waals surface area contributed by atoms with Gasteiger partial charge in [-0.2, -0.15) is 0 Å². The van der Waals surface area contributed by atoms with Crippen molar-refractivity contribution < 1.29 is 14.8 Å². The van der Waals surface area contributed by atoms with Crippen molar-refractivity contribution in [3.05, 3.63) is 33.9 Å². The summed E-state index contributed by atoms with van der Waals surface area (Å²) in [5.41, 5.74) is 0.266. The van der Waals surface area contributed by atoms with E-state index in [1.807, 2.05) is 0 Å². The third-order valence-corrected chi connectivity index (χ3v) is 2.55. The van der Waals surface area contributed by atoms with Crippen molar-refractivity contribution in [2.45, 2.75) is 19.4 Å². The molecule has 0 saturated carbocycles. The largest absolute Gasteiger partial charge is 0.394 e. The monoisotopic (exact) mass is 262 g/mol. The van der Waals surface area contributed by atoms with Gasteiger partial charge in [-0.05, 0) is 19.1 Å². The highest BCUT2D eigenvalue weighted by Gasteiger charge is 2.18. The van der Waals surface area contributed by atoms with E-state index in [0.29, 0.717) is 0 Å². The minimum Gasteiger partial charge on any atom is -0.394 e. The molecule has 0 bridgehead atoms. The molecular weight excluding hydrogens is 248 g/mol. The number of hydrogen-bond acceptors (Lipinski definition) is 5. The molecular formula is C13H14N2O4. The Labute approximate surface area is 110 Å². The average molecular weight is 262 g/mol. The highest BCUT2D eigenvalue weighted by Crippen LogP contribution is 2.26. The second kappa shape index (κ2) is 6.52. The van der Waals surface area contributed by atoms with Gasteiger partial charge in [-0.3, -0.25) is 14.9 Å². The molecule has 1 rings (SSSR count). The van der Waals surface area contributed by atoms with Crippen LogP contribution >= 0.6 is 0 Å². The number of aliphatic hydroxyl groups is 1. The first-order valence-corrected chi connectivity index (χ1v) is 5.59. The number of Topliss-reactive ketones (excluding diaryl/α,β-unsaturated/α-hetero) is 1. The molecule has 6 heteroatoms. The lowest BCUT2D eigenvalue weighted by Crippen LogP contribution is -2.23. The van der Waals surface area contributed by atoms with Crippen LogP contribution in [0.5, 0.6) is 0 Å². The first-order valence-electron chi connectivity index (χ1n) is 5.59. The van der Waals surface area contributed by atoms with Gasteiger partial charge < -0.3 is 10.4 Å². The minimum atomic E-state index is -0.584. The van der Waals surface area contributed by atoms with Gasteiger partial charge in [0.05, 0.1) is 17.6 Å². The molecule has 0 aliphatic carbocycles. The topological polar surface area (TPSA) is 92.5 Å². The zero-order valence-corrected chi connectivity index (χ0v) is 10.4. The second-order valence-electron chi connectivity index (χ2n) is 3.98. The van der Waals surface area contributed by atoms with Crippen molar-refractivity contribution in [2.75, 3.05) is 11.9 Å². The summed E-state index contributed by atoms with van der Waals surface area (Å²) in [5.74, 6) is 2.12. The van der Waals surface area contributed by atoms with E-state index in [9.17, 15) is 14.9 Å². The van der Waals surface area contributed by atoms with E-state index in [-0.39, 0.29) is 35.7 Å². The standard InChI is InChI=1S/C13H14N2O4/c1-3-4-11(8-16)14-12-6-5-10(9(2)17)7-13(12)15(18)19/h1,5-7,11,14,16H,4,8H2,2H3/t11-/m1/s1. The van der Waals surface area contributed by atoms with Crippen LogP contribution in [0, 0.1) is 22.5 Å². The Hall–Kier alpha value is -2.39. The van der Waals surface area contributed by atoms with Crippen LogP contribution in [0.25, 0.3) is 0 Å². The summed E-state index contributed by atoms with van der Waals surface area (Å²) < 4.78 is 0. The Morgan fingerprint density at radius 3 is 2.79 bits per heavy atom. The lowest BCUT2D eigenvalue weighted by Gasteiger charge is -2.15. The molecule has 100 valence electrons. The zero-order valence-electron chi connectivity index (χ0n) is 10.4. The van der Waals surface area contributed by atoms with E-state index >= 15 is 0 Å². The van der Waals surface area contributed by atoms with E-state index in [4.69, 9.17) is 11.5 Å². The number of nitrogens with one attached hydrogen (secondary N) is 1. The summed E-state index contributed by atoms with van der Waals surface area (Å²) in [7, 11) is 0. The summed E-state index contributed by atoms with van der Waals surface area (Å²) in [6.07, 6.45) is 5.38. The van der Waals surface area contributed by atoms with Crippen LogP contribution in [-0.4, -0.2) is 28.5 Å². The van der Waals surface area contributed by atoms with Gasteiger partial charge in [0.2, 0.25) is 0 Å². The van der Waals surface area contributed by atoms with E-state index in [1.165, 1.54) is 25.1 Å². The Bertz CT molecular complexity index is 534. The lowest BCUT2D eigenvalue weighted by atomic mass is 10.1. The van der Waals surface area contributed by atoms with Gasteiger partial charge in [0.15, 0.2) is 5.78 Å². The predicted molar refractivity (Wildman–Crippen MR) is 71.0 cm³/mol. The Kier molecular flexibility index (Phi) is 5.03.